The molecule has 0 amide bonds. The van der Waals surface area contributed by atoms with Crippen molar-refractivity contribution in [3.05, 3.63) is 60.2 Å². The summed E-state index contributed by atoms with van der Waals surface area (Å²) in [7, 11) is -3.62. The quantitative estimate of drug-likeness (QED) is 0.916. The summed E-state index contributed by atoms with van der Waals surface area (Å²) < 4.78 is 26.4. The second-order valence-electron chi connectivity index (χ2n) is 3.53. The molecule has 1 radical (unpaired) electrons. The Morgan fingerprint density at radius 1 is 1.17 bits per heavy atom. The molecule has 0 aromatic heterocycles. The molecule has 89 valence electrons. The molecule has 0 unspecified atom stereocenters. The first-order chi connectivity index (χ1) is 8.62. The van der Waals surface area contributed by atoms with E-state index in [1.54, 1.807) is 24.3 Å². The maximum absolute atomic E-state index is 12.0. The molecular weight excluding hydrogens is 248 g/mol. The molecule has 4 nitrogen and oxygen atoms in total. The Balaban J connectivity index is 2.29. The number of hydrogen-bond donors (Lipinski definition) is 1. The van der Waals surface area contributed by atoms with Gasteiger partial charge < -0.3 is 0 Å². The van der Waals surface area contributed by atoms with Crippen LogP contribution in [0.2, 0.25) is 0 Å². The predicted molar refractivity (Wildman–Crippen MR) is 67.2 cm³/mol. The molecule has 2 aromatic carbocycles. The van der Waals surface area contributed by atoms with Crippen LogP contribution in [0.1, 0.15) is 5.56 Å². The molecule has 0 aliphatic heterocycles. The third-order valence-corrected chi connectivity index (χ3v) is 3.65. The maximum Gasteiger partial charge on any atom is 0.261 e. The van der Waals surface area contributed by atoms with Gasteiger partial charge in [0.15, 0.2) is 0 Å². The van der Waals surface area contributed by atoms with Gasteiger partial charge in [-0.2, -0.15) is 5.26 Å². The van der Waals surface area contributed by atoms with E-state index in [-0.39, 0.29) is 4.90 Å². The highest BCUT2D eigenvalue weighted by Crippen LogP contribution is 2.15. The summed E-state index contributed by atoms with van der Waals surface area (Å²) in [6, 6.07) is 17.0. The number of nitriles is 1. The summed E-state index contributed by atoms with van der Waals surface area (Å²) >= 11 is 0. The van der Waals surface area contributed by atoms with E-state index in [2.05, 4.69) is 10.8 Å². The fraction of sp³-hybridized carbons (Fsp3) is 0. The first-order valence-electron chi connectivity index (χ1n) is 5.11. The van der Waals surface area contributed by atoms with Gasteiger partial charge in [-0.3, -0.25) is 4.72 Å². The number of nitrogens with zero attached hydrogens (tertiary/aromatic N) is 1. The van der Waals surface area contributed by atoms with Gasteiger partial charge in [0.1, 0.15) is 0 Å². The predicted octanol–water partition coefficient (Wildman–Crippen LogP) is 2.16. The Hall–Kier alpha value is -2.32. The lowest BCUT2D eigenvalue weighted by atomic mass is 10.2. The van der Waals surface area contributed by atoms with E-state index >= 15 is 0 Å². The normalized spacial score (nSPS) is 10.6. The van der Waals surface area contributed by atoms with Gasteiger partial charge >= 0.3 is 0 Å². The Kier molecular flexibility index (Phi) is 3.31. The topological polar surface area (TPSA) is 70.0 Å². The number of sulfonamides is 1. The summed E-state index contributed by atoms with van der Waals surface area (Å²) in [6.45, 7) is 0. The standard InChI is InChI=1S/C13H9N2O2S/c14-10-11-6-8-13(9-7-11)18(16,17)15-12-4-2-1-3-5-12/h1-2,4-9,15H. The second kappa shape index (κ2) is 4.90. The average Bonchev–Trinajstić information content (AvgIpc) is 2.39. The second-order valence-corrected chi connectivity index (χ2v) is 5.22. The number of rotatable bonds is 3. The van der Waals surface area contributed by atoms with Crippen LogP contribution in [0.3, 0.4) is 0 Å². The molecule has 2 aromatic rings. The minimum atomic E-state index is -3.62. The number of nitrogens with one attached hydrogen (secondary N) is 1. The molecule has 0 aliphatic rings. The zero-order valence-electron chi connectivity index (χ0n) is 9.29. The highest BCUT2D eigenvalue weighted by atomic mass is 32.2. The third kappa shape index (κ3) is 2.67. The van der Waals surface area contributed by atoms with Gasteiger partial charge in [0.2, 0.25) is 0 Å². The minimum absolute atomic E-state index is 0.116. The van der Waals surface area contributed by atoms with E-state index in [1.165, 1.54) is 24.3 Å². The van der Waals surface area contributed by atoms with Crippen molar-refractivity contribution in [1.82, 2.24) is 0 Å². The van der Waals surface area contributed by atoms with Gasteiger partial charge in [0.05, 0.1) is 16.5 Å². The van der Waals surface area contributed by atoms with Crippen LogP contribution in [-0.2, 0) is 10.0 Å². The van der Waals surface area contributed by atoms with Crippen molar-refractivity contribution < 1.29 is 8.42 Å². The van der Waals surface area contributed by atoms with Crippen molar-refractivity contribution in [2.45, 2.75) is 4.90 Å². The van der Waals surface area contributed by atoms with Crippen LogP contribution in [-0.4, -0.2) is 8.42 Å². The summed E-state index contributed by atoms with van der Waals surface area (Å²) in [6.07, 6.45) is 0. The lowest BCUT2D eigenvalue weighted by Gasteiger charge is -2.07. The van der Waals surface area contributed by atoms with E-state index < -0.39 is 10.0 Å². The molecule has 5 heteroatoms. The molecule has 0 spiro atoms. The Labute approximate surface area is 106 Å². The summed E-state index contributed by atoms with van der Waals surface area (Å²) in [5.74, 6) is 0. The smallest absolute Gasteiger partial charge is 0.261 e. The summed E-state index contributed by atoms with van der Waals surface area (Å²) in [5, 5.41) is 8.65. The molecular formula is C13H9N2O2S. The highest BCUT2D eigenvalue weighted by molar-refractivity contribution is 7.92. The molecule has 0 saturated heterocycles. The average molecular weight is 257 g/mol. The van der Waals surface area contributed by atoms with Crippen LogP contribution in [0.25, 0.3) is 0 Å². The van der Waals surface area contributed by atoms with Crippen LogP contribution in [0.15, 0.2) is 53.4 Å². The first kappa shape index (κ1) is 12.1. The van der Waals surface area contributed by atoms with Crippen molar-refractivity contribution in [1.29, 1.82) is 5.26 Å². The van der Waals surface area contributed by atoms with E-state index in [1.807, 2.05) is 6.07 Å². The molecule has 0 saturated carbocycles. The zero-order valence-corrected chi connectivity index (χ0v) is 10.1. The van der Waals surface area contributed by atoms with Crippen LogP contribution in [0, 0.1) is 17.4 Å². The van der Waals surface area contributed by atoms with Crippen LogP contribution in [0.5, 0.6) is 0 Å². The van der Waals surface area contributed by atoms with Crippen LogP contribution >= 0.6 is 0 Å². The largest absolute Gasteiger partial charge is 0.280 e. The van der Waals surface area contributed by atoms with Gasteiger partial charge in [-0.05, 0) is 42.5 Å². The van der Waals surface area contributed by atoms with Gasteiger partial charge in [0.25, 0.3) is 10.0 Å². The van der Waals surface area contributed by atoms with Gasteiger partial charge in [-0.15, -0.1) is 0 Å². The molecule has 0 bridgehead atoms. The maximum atomic E-state index is 12.0. The Morgan fingerprint density at radius 3 is 2.44 bits per heavy atom. The molecule has 0 heterocycles. The van der Waals surface area contributed by atoms with Crippen molar-refractivity contribution in [3.63, 3.8) is 0 Å². The molecule has 0 aliphatic carbocycles. The number of hydrogen-bond acceptors (Lipinski definition) is 3. The monoisotopic (exact) mass is 257 g/mol. The van der Waals surface area contributed by atoms with Crippen molar-refractivity contribution >= 4 is 15.7 Å². The van der Waals surface area contributed by atoms with Gasteiger partial charge in [-0.1, -0.05) is 12.1 Å². The molecule has 0 atom stereocenters. The fourth-order valence-corrected chi connectivity index (χ4v) is 2.43. The molecule has 1 N–H and O–H groups in total. The van der Waals surface area contributed by atoms with E-state index in [0.29, 0.717) is 11.3 Å². The molecule has 0 fully saturated rings. The zero-order chi connectivity index (χ0) is 13.0. The van der Waals surface area contributed by atoms with Crippen LogP contribution in [0.4, 0.5) is 5.69 Å². The Bertz CT molecular complexity index is 671. The van der Waals surface area contributed by atoms with Crippen LogP contribution < -0.4 is 4.72 Å². The minimum Gasteiger partial charge on any atom is -0.280 e. The van der Waals surface area contributed by atoms with Crippen molar-refractivity contribution in [2.75, 3.05) is 4.72 Å². The van der Waals surface area contributed by atoms with E-state index in [9.17, 15) is 8.42 Å². The van der Waals surface area contributed by atoms with E-state index in [0.717, 1.165) is 0 Å². The lowest BCUT2D eigenvalue weighted by molar-refractivity contribution is 0.601. The molecule has 2 rings (SSSR count). The molecule has 18 heavy (non-hydrogen) atoms. The highest BCUT2D eigenvalue weighted by Gasteiger charge is 2.13. The van der Waals surface area contributed by atoms with Crippen molar-refractivity contribution in [2.24, 2.45) is 0 Å². The fourth-order valence-electron chi connectivity index (χ4n) is 1.38. The first-order valence-corrected chi connectivity index (χ1v) is 6.59. The van der Waals surface area contributed by atoms with Crippen molar-refractivity contribution in [3.8, 4) is 6.07 Å². The number of anilines is 1. The summed E-state index contributed by atoms with van der Waals surface area (Å²) in [4.78, 5) is 0.116. The third-order valence-electron chi connectivity index (χ3n) is 2.25. The summed E-state index contributed by atoms with van der Waals surface area (Å²) in [5.41, 5.74) is 0.865. The Morgan fingerprint density at radius 2 is 1.89 bits per heavy atom. The van der Waals surface area contributed by atoms with E-state index in [4.69, 9.17) is 5.26 Å². The lowest BCUT2D eigenvalue weighted by Crippen LogP contribution is -2.12. The SMILES string of the molecule is N#Cc1ccc(S(=O)(=O)Nc2c[c]ccc2)cc1. The number of benzene rings is 2. The van der Waals surface area contributed by atoms with Gasteiger partial charge in [-0.25, -0.2) is 8.42 Å². The van der Waals surface area contributed by atoms with Gasteiger partial charge in [0, 0.05) is 5.69 Å².